The molecule has 0 aliphatic carbocycles. The molecule has 2 aliphatic heterocycles. The summed E-state index contributed by atoms with van der Waals surface area (Å²) in [6.45, 7) is 2.21. The van der Waals surface area contributed by atoms with Crippen molar-refractivity contribution >= 4 is 16.8 Å². The van der Waals surface area contributed by atoms with Crippen LogP contribution in [-0.4, -0.2) is 54.0 Å². The van der Waals surface area contributed by atoms with Crippen molar-refractivity contribution in [2.45, 2.75) is 31.8 Å². The van der Waals surface area contributed by atoms with Gasteiger partial charge < -0.3 is 14.6 Å². The number of hydrogen-bond donors (Lipinski definition) is 1. The molecule has 0 radical (unpaired) electrons. The topological polar surface area (TPSA) is 48.6 Å². The summed E-state index contributed by atoms with van der Waals surface area (Å²) in [5.41, 5.74) is 5.11. The van der Waals surface area contributed by atoms with Crippen molar-refractivity contribution < 1.29 is 13.9 Å². The minimum atomic E-state index is -0.203. The fraction of sp³-hybridized carbons (Fsp3) is 0.375. The first-order valence-electron chi connectivity index (χ1n) is 10.5. The molecular formula is C24H26FN3O2. The molecule has 1 unspecified atom stereocenters. The van der Waals surface area contributed by atoms with Crippen LogP contribution in [0, 0.1) is 5.82 Å². The summed E-state index contributed by atoms with van der Waals surface area (Å²) in [6, 6.07) is 9.13. The maximum Gasteiger partial charge on any atom is 0.254 e. The lowest BCUT2D eigenvalue weighted by atomic mass is 9.94. The van der Waals surface area contributed by atoms with Gasteiger partial charge in [-0.15, -0.1) is 0 Å². The quantitative estimate of drug-likeness (QED) is 0.701. The number of likely N-dealkylation sites (N-methyl/N-ethyl adjacent to an activating group) is 1. The number of amides is 1. The SMILES string of the molecule is CN1Cc2ccc3c(c2C1=O)CC(N(C)CCCc1c[nH]c2ccc(F)cc12)CO3. The van der Waals surface area contributed by atoms with Crippen molar-refractivity contribution in [2.24, 2.45) is 0 Å². The second-order valence-electron chi connectivity index (χ2n) is 8.49. The number of nitrogens with zero attached hydrogens (tertiary/aromatic N) is 2. The Morgan fingerprint density at radius 2 is 2.17 bits per heavy atom. The first-order chi connectivity index (χ1) is 14.5. The number of ether oxygens (including phenoxy) is 1. The maximum absolute atomic E-state index is 13.6. The second-order valence-corrected chi connectivity index (χ2v) is 8.49. The van der Waals surface area contributed by atoms with Crippen LogP contribution in [0.2, 0.25) is 0 Å². The molecule has 30 heavy (non-hydrogen) atoms. The van der Waals surface area contributed by atoms with Gasteiger partial charge in [-0.1, -0.05) is 6.07 Å². The Hall–Kier alpha value is -2.86. The van der Waals surface area contributed by atoms with E-state index in [4.69, 9.17) is 4.74 Å². The Balaban J connectivity index is 1.25. The monoisotopic (exact) mass is 407 g/mol. The van der Waals surface area contributed by atoms with Crippen LogP contribution < -0.4 is 4.74 Å². The molecule has 6 heteroatoms. The van der Waals surface area contributed by atoms with Gasteiger partial charge in [-0.2, -0.15) is 0 Å². The predicted octanol–water partition coefficient (Wildman–Crippen LogP) is 3.76. The van der Waals surface area contributed by atoms with E-state index in [1.165, 1.54) is 6.07 Å². The number of carbonyl (C=O) groups excluding carboxylic acids is 1. The van der Waals surface area contributed by atoms with Gasteiger partial charge in [0.25, 0.3) is 5.91 Å². The third-order valence-electron chi connectivity index (χ3n) is 6.51. The Kier molecular flexibility index (Phi) is 4.74. The lowest BCUT2D eigenvalue weighted by molar-refractivity contribution is 0.0812. The van der Waals surface area contributed by atoms with E-state index >= 15 is 0 Å². The molecule has 1 N–H and O–H groups in total. The first-order valence-corrected chi connectivity index (χ1v) is 10.5. The van der Waals surface area contributed by atoms with E-state index in [2.05, 4.69) is 16.9 Å². The van der Waals surface area contributed by atoms with Crippen LogP contribution >= 0.6 is 0 Å². The molecule has 5 rings (SSSR count). The number of nitrogens with one attached hydrogen (secondary N) is 1. The average Bonchev–Trinajstić information content (AvgIpc) is 3.27. The molecule has 5 nitrogen and oxygen atoms in total. The predicted molar refractivity (Wildman–Crippen MR) is 114 cm³/mol. The van der Waals surface area contributed by atoms with Crippen molar-refractivity contribution in [1.82, 2.24) is 14.8 Å². The lowest BCUT2D eigenvalue weighted by Gasteiger charge is -2.33. The minimum Gasteiger partial charge on any atom is -0.492 e. The number of hydrogen-bond acceptors (Lipinski definition) is 3. The van der Waals surface area contributed by atoms with E-state index in [9.17, 15) is 9.18 Å². The van der Waals surface area contributed by atoms with Crippen molar-refractivity contribution in [3.8, 4) is 5.75 Å². The normalized spacial score (nSPS) is 18.1. The van der Waals surface area contributed by atoms with Gasteiger partial charge >= 0.3 is 0 Å². The second kappa shape index (κ2) is 7.43. The average molecular weight is 407 g/mol. The Labute approximate surface area is 175 Å². The van der Waals surface area contributed by atoms with Crippen LogP contribution in [0.15, 0.2) is 36.5 Å². The largest absolute Gasteiger partial charge is 0.492 e. The third-order valence-corrected chi connectivity index (χ3v) is 6.51. The zero-order valence-electron chi connectivity index (χ0n) is 17.4. The van der Waals surface area contributed by atoms with Crippen LogP contribution in [0.3, 0.4) is 0 Å². The van der Waals surface area contributed by atoms with Crippen molar-refractivity contribution in [2.75, 3.05) is 27.2 Å². The van der Waals surface area contributed by atoms with Crippen LogP contribution in [0.4, 0.5) is 4.39 Å². The van der Waals surface area contributed by atoms with Gasteiger partial charge in [0.1, 0.15) is 18.2 Å². The van der Waals surface area contributed by atoms with Gasteiger partial charge in [0, 0.05) is 42.3 Å². The maximum atomic E-state index is 13.6. The summed E-state index contributed by atoms with van der Waals surface area (Å²) in [7, 11) is 3.96. The van der Waals surface area contributed by atoms with E-state index in [0.717, 1.165) is 64.7 Å². The molecule has 2 aliphatic rings. The third kappa shape index (κ3) is 3.25. The highest BCUT2D eigenvalue weighted by Gasteiger charge is 2.33. The molecule has 1 aromatic heterocycles. The number of carbonyl (C=O) groups is 1. The van der Waals surface area contributed by atoms with Crippen LogP contribution in [0.1, 0.15) is 33.5 Å². The summed E-state index contributed by atoms with van der Waals surface area (Å²) in [5.74, 6) is 0.745. The number of aromatic amines is 1. The van der Waals surface area contributed by atoms with Gasteiger partial charge in [0.05, 0.1) is 5.56 Å². The fourth-order valence-corrected chi connectivity index (χ4v) is 4.75. The number of aromatic nitrogens is 1. The molecule has 2 aromatic carbocycles. The summed E-state index contributed by atoms with van der Waals surface area (Å²) < 4.78 is 19.6. The Morgan fingerprint density at radius 3 is 3.03 bits per heavy atom. The molecule has 3 aromatic rings. The van der Waals surface area contributed by atoms with E-state index < -0.39 is 0 Å². The van der Waals surface area contributed by atoms with Crippen molar-refractivity contribution in [3.05, 3.63) is 64.6 Å². The number of H-pyrrole nitrogens is 1. The van der Waals surface area contributed by atoms with E-state index in [-0.39, 0.29) is 17.8 Å². The molecule has 0 saturated carbocycles. The summed E-state index contributed by atoms with van der Waals surface area (Å²) in [4.78, 5) is 19.9. The number of fused-ring (bicyclic) bond motifs is 4. The van der Waals surface area contributed by atoms with Crippen molar-refractivity contribution in [3.63, 3.8) is 0 Å². The zero-order chi connectivity index (χ0) is 20.8. The molecule has 0 fully saturated rings. The molecule has 1 atom stereocenters. The molecule has 0 spiro atoms. The minimum absolute atomic E-state index is 0.0975. The van der Waals surface area contributed by atoms with Crippen molar-refractivity contribution in [1.29, 1.82) is 0 Å². The fourth-order valence-electron chi connectivity index (χ4n) is 4.75. The zero-order valence-corrected chi connectivity index (χ0v) is 17.4. The van der Waals surface area contributed by atoms with Gasteiger partial charge in [0.2, 0.25) is 0 Å². The van der Waals surface area contributed by atoms with Gasteiger partial charge in [0.15, 0.2) is 0 Å². The summed E-state index contributed by atoms with van der Waals surface area (Å²) in [5, 5.41) is 0.964. The van der Waals surface area contributed by atoms with Gasteiger partial charge in [-0.05, 0) is 68.2 Å². The number of halogens is 1. The van der Waals surface area contributed by atoms with E-state index in [0.29, 0.717) is 13.2 Å². The highest BCUT2D eigenvalue weighted by molar-refractivity contribution is 6.00. The van der Waals surface area contributed by atoms with E-state index in [1.54, 1.807) is 17.0 Å². The molecule has 0 saturated heterocycles. The smallest absolute Gasteiger partial charge is 0.254 e. The van der Waals surface area contributed by atoms with Gasteiger partial charge in [-0.3, -0.25) is 9.69 Å². The highest BCUT2D eigenvalue weighted by atomic mass is 19.1. The van der Waals surface area contributed by atoms with Crippen LogP contribution in [-0.2, 0) is 19.4 Å². The lowest BCUT2D eigenvalue weighted by Crippen LogP contribution is -2.41. The van der Waals surface area contributed by atoms with Crippen LogP contribution in [0.25, 0.3) is 10.9 Å². The summed E-state index contributed by atoms with van der Waals surface area (Å²) >= 11 is 0. The number of rotatable bonds is 5. The molecule has 156 valence electrons. The molecular weight excluding hydrogens is 381 g/mol. The number of benzene rings is 2. The number of aryl methyl sites for hydroxylation is 1. The van der Waals surface area contributed by atoms with Crippen LogP contribution in [0.5, 0.6) is 5.75 Å². The highest BCUT2D eigenvalue weighted by Crippen LogP contribution is 2.35. The molecule has 3 heterocycles. The standard InChI is InChI=1S/C24H26FN3O2/c1-27(9-3-4-15-12-26-21-7-6-17(25)10-19(15)21)18-11-20-22(30-14-18)8-5-16-13-28(2)24(29)23(16)20/h5-8,10,12,18,26H,3-4,9,11,13-14H2,1-2H3. The van der Waals surface area contributed by atoms with Gasteiger partial charge in [-0.25, -0.2) is 4.39 Å². The molecule has 0 bridgehead atoms. The van der Waals surface area contributed by atoms with E-state index in [1.807, 2.05) is 25.4 Å². The first kappa shape index (κ1) is 19.1. The molecule has 1 amide bonds. The Morgan fingerprint density at radius 1 is 1.30 bits per heavy atom. The summed E-state index contributed by atoms with van der Waals surface area (Å²) in [6.07, 6.45) is 4.66. The Bertz CT molecular complexity index is 1120.